The number of aromatic nitrogens is 2. The maximum Gasteiger partial charge on any atom is 0.223 e. The Bertz CT molecular complexity index is 347. The summed E-state index contributed by atoms with van der Waals surface area (Å²) in [6, 6.07) is 2.00. The molecule has 3 nitrogen and oxygen atoms in total. The highest BCUT2D eigenvalue weighted by Gasteiger charge is 2.38. The van der Waals surface area contributed by atoms with Crippen molar-refractivity contribution in [3.8, 4) is 0 Å². The standard InChI is InChI=1S/C12H19N3/c1-8-7-9(2)14-11(13-8)15-12(3,4)10-5-6-10/h7,10H,5-6H2,1-4H3,(H,13,14,15). The lowest BCUT2D eigenvalue weighted by Gasteiger charge is -2.26. The number of hydrogen-bond acceptors (Lipinski definition) is 3. The minimum Gasteiger partial charge on any atom is -0.349 e. The highest BCUT2D eigenvalue weighted by atomic mass is 15.1. The molecule has 2 rings (SSSR count). The van der Waals surface area contributed by atoms with E-state index in [9.17, 15) is 0 Å². The van der Waals surface area contributed by atoms with Crippen LogP contribution in [0.15, 0.2) is 6.07 Å². The highest BCUT2D eigenvalue weighted by Crippen LogP contribution is 2.40. The van der Waals surface area contributed by atoms with Crippen LogP contribution in [0.2, 0.25) is 0 Å². The van der Waals surface area contributed by atoms with Crippen molar-refractivity contribution in [1.29, 1.82) is 0 Å². The van der Waals surface area contributed by atoms with Gasteiger partial charge >= 0.3 is 0 Å². The first-order valence-electron chi connectivity index (χ1n) is 5.58. The van der Waals surface area contributed by atoms with Crippen molar-refractivity contribution in [3.63, 3.8) is 0 Å². The van der Waals surface area contributed by atoms with Crippen LogP contribution in [0.5, 0.6) is 0 Å². The van der Waals surface area contributed by atoms with E-state index in [-0.39, 0.29) is 5.54 Å². The summed E-state index contributed by atoms with van der Waals surface area (Å²) in [7, 11) is 0. The lowest BCUT2D eigenvalue weighted by atomic mass is 9.99. The van der Waals surface area contributed by atoms with Gasteiger partial charge in [0.05, 0.1) is 0 Å². The number of aryl methyl sites for hydroxylation is 2. The van der Waals surface area contributed by atoms with Crippen LogP contribution in [-0.2, 0) is 0 Å². The molecule has 1 saturated carbocycles. The van der Waals surface area contributed by atoms with Crippen LogP contribution in [0.4, 0.5) is 5.95 Å². The zero-order valence-corrected chi connectivity index (χ0v) is 9.96. The molecule has 82 valence electrons. The highest BCUT2D eigenvalue weighted by molar-refractivity contribution is 5.32. The van der Waals surface area contributed by atoms with Gasteiger partial charge in [0.25, 0.3) is 0 Å². The van der Waals surface area contributed by atoms with E-state index in [0.29, 0.717) is 0 Å². The summed E-state index contributed by atoms with van der Waals surface area (Å²) in [5.41, 5.74) is 2.17. The molecule has 0 spiro atoms. The first kappa shape index (κ1) is 10.4. The summed E-state index contributed by atoms with van der Waals surface area (Å²) < 4.78 is 0. The molecule has 0 atom stereocenters. The van der Waals surface area contributed by atoms with Crippen molar-refractivity contribution in [3.05, 3.63) is 17.5 Å². The fourth-order valence-electron chi connectivity index (χ4n) is 1.98. The van der Waals surface area contributed by atoms with E-state index >= 15 is 0 Å². The van der Waals surface area contributed by atoms with Gasteiger partial charge in [-0.3, -0.25) is 0 Å². The predicted octanol–water partition coefficient (Wildman–Crippen LogP) is 2.69. The third-order valence-electron chi connectivity index (χ3n) is 3.01. The minimum absolute atomic E-state index is 0.125. The zero-order valence-electron chi connectivity index (χ0n) is 9.96. The van der Waals surface area contributed by atoms with E-state index in [1.54, 1.807) is 0 Å². The Morgan fingerprint density at radius 1 is 1.20 bits per heavy atom. The molecule has 0 unspecified atom stereocenters. The van der Waals surface area contributed by atoms with E-state index in [4.69, 9.17) is 0 Å². The molecule has 1 N–H and O–H groups in total. The molecule has 0 aliphatic heterocycles. The summed E-state index contributed by atoms with van der Waals surface area (Å²) in [5, 5.41) is 3.44. The van der Waals surface area contributed by atoms with Crippen LogP contribution in [0, 0.1) is 19.8 Å². The summed E-state index contributed by atoms with van der Waals surface area (Å²) in [6.45, 7) is 8.46. The van der Waals surface area contributed by atoms with Gasteiger partial charge in [-0.25, -0.2) is 9.97 Å². The van der Waals surface area contributed by atoms with Crippen LogP contribution in [0.1, 0.15) is 38.1 Å². The number of rotatable bonds is 3. The van der Waals surface area contributed by atoms with Gasteiger partial charge in [-0.1, -0.05) is 0 Å². The molecular weight excluding hydrogens is 186 g/mol. The molecular formula is C12H19N3. The lowest BCUT2D eigenvalue weighted by molar-refractivity contribution is 0.490. The molecule has 1 aromatic heterocycles. The SMILES string of the molecule is Cc1cc(C)nc(NC(C)(C)C2CC2)n1. The average molecular weight is 205 g/mol. The minimum atomic E-state index is 0.125. The molecule has 1 aliphatic rings. The Morgan fingerprint density at radius 2 is 1.73 bits per heavy atom. The normalized spacial score (nSPS) is 16.5. The monoisotopic (exact) mass is 205 g/mol. The average Bonchev–Trinajstić information content (AvgIpc) is 2.80. The third kappa shape index (κ3) is 2.46. The van der Waals surface area contributed by atoms with Crippen molar-refractivity contribution in [2.45, 2.75) is 46.1 Å². The van der Waals surface area contributed by atoms with Crippen molar-refractivity contribution in [2.24, 2.45) is 5.92 Å². The van der Waals surface area contributed by atoms with Gasteiger partial charge in [-0.05, 0) is 52.5 Å². The molecule has 0 aromatic carbocycles. The van der Waals surface area contributed by atoms with Gasteiger partial charge in [-0.2, -0.15) is 0 Å². The molecule has 0 amide bonds. The van der Waals surface area contributed by atoms with Gasteiger partial charge in [0.1, 0.15) is 0 Å². The quantitative estimate of drug-likeness (QED) is 0.824. The van der Waals surface area contributed by atoms with E-state index in [2.05, 4.69) is 29.1 Å². The molecule has 0 bridgehead atoms. The number of hydrogen-bond donors (Lipinski definition) is 1. The Morgan fingerprint density at radius 3 is 2.20 bits per heavy atom. The first-order chi connectivity index (χ1) is 6.97. The van der Waals surface area contributed by atoms with E-state index in [1.165, 1.54) is 12.8 Å². The van der Waals surface area contributed by atoms with Crippen LogP contribution in [-0.4, -0.2) is 15.5 Å². The van der Waals surface area contributed by atoms with Gasteiger partial charge in [-0.15, -0.1) is 0 Å². The van der Waals surface area contributed by atoms with Gasteiger partial charge in [0.2, 0.25) is 5.95 Å². The van der Waals surface area contributed by atoms with Gasteiger partial charge < -0.3 is 5.32 Å². The largest absolute Gasteiger partial charge is 0.349 e. The number of nitrogens with zero attached hydrogens (tertiary/aromatic N) is 2. The molecule has 1 heterocycles. The topological polar surface area (TPSA) is 37.8 Å². The van der Waals surface area contributed by atoms with Crippen LogP contribution < -0.4 is 5.32 Å². The zero-order chi connectivity index (χ0) is 11.1. The summed E-state index contributed by atoms with van der Waals surface area (Å²) in [4.78, 5) is 8.81. The molecule has 1 aromatic rings. The van der Waals surface area contributed by atoms with Crippen molar-refractivity contribution in [2.75, 3.05) is 5.32 Å². The molecule has 1 aliphatic carbocycles. The second kappa shape index (κ2) is 3.47. The van der Waals surface area contributed by atoms with E-state index < -0.39 is 0 Å². The molecule has 0 radical (unpaired) electrons. The maximum atomic E-state index is 4.41. The Balaban J connectivity index is 2.16. The van der Waals surface area contributed by atoms with Crippen LogP contribution in [0.3, 0.4) is 0 Å². The molecule has 0 saturated heterocycles. The Labute approximate surface area is 91.3 Å². The lowest BCUT2D eigenvalue weighted by Crippen LogP contribution is -2.34. The van der Waals surface area contributed by atoms with Crippen molar-refractivity contribution < 1.29 is 0 Å². The van der Waals surface area contributed by atoms with Gasteiger partial charge in [0, 0.05) is 16.9 Å². The van der Waals surface area contributed by atoms with E-state index in [1.807, 2.05) is 19.9 Å². The van der Waals surface area contributed by atoms with Crippen LogP contribution >= 0.6 is 0 Å². The summed E-state index contributed by atoms with van der Waals surface area (Å²) >= 11 is 0. The second-order valence-corrected chi connectivity index (χ2v) is 5.10. The van der Waals surface area contributed by atoms with Crippen molar-refractivity contribution >= 4 is 5.95 Å². The van der Waals surface area contributed by atoms with Crippen molar-refractivity contribution in [1.82, 2.24) is 9.97 Å². The maximum absolute atomic E-state index is 4.41. The molecule has 1 fully saturated rings. The second-order valence-electron chi connectivity index (χ2n) is 5.10. The molecule has 15 heavy (non-hydrogen) atoms. The molecule has 3 heteroatoms. The predicted molar refractivity (Wildman–Crippen MR) is 61.9 cm³/mol. The first-order valence-corrected chi connectivity index (χ1v) is 5.58. The fourth-order valence-corrected chi connectivity index (χ4v) is 1.98. The Kier molecular flexibility index (Phi) is 2.41. The van der Waals surface area contributed by atoms with E-state index in [0.717, 1.165) is 23.3 Å². The van der Waals surface area contributed by atoms with Crippen LogP contribution in [0.25, 0.3) is 0 Å². The fraction of sp³-hybridized carbons (Fsp3) is 0.667. The third-order valence-corrected chi connectivity index (χ3v) is 3.01. The number of anilines is 1. The van der Waals surface area contributed by atoms with Gasteiger partial charge in [0.15, 0.2) is 0 Å². The summed E-state index contributed by atoms with van der Waals surface area (Å²) in [6.07, 6.45) is 2.65. The summed E-state index contributed by atoms with van der Waals surface area (Å²) in [5.74, 6) is 1.55. The smallest absolute Gasteiger partial charge is 0.223 e. The number of nitrogens with one attached hydrogen (secondary N) is 1. The Hall–Kier alpha value is -1.12.